The minimum absolute atomic E-state index is 0.547. The number of rotatable bonds is 11. The van der Waals surface area contributed by atoms with E-state index in [1.165, 1.54) is 84.7 Å². The topological polar surface area (TPSA) is 42.6 Å². The first-order chi connectivity index (χ1) is 48.0. The van der Waals surface area contributed by atoms with Gasteiger partial charge in [0, 0.05) is 77.6 Å². The Morgan fingerprint density at radius 1 is 0.340 bits per heavy atom. The monoisotopic (exact) mass is 1280 g/mol. The summed E-state index contributed by atoms with van der Waals surface area (Å²) >= 11 is 3.74. The van der Waals surface area contributed by atoms with Crippen LogP contribution in [0.4, 0.5) is 34.1 Å². The lowest BCUT2D eigenvalue weighted by molar-refractivity contribution is 0.668. The number of nitrogens with zero attached hydrogens (tertiary/aromatic N) is 4. The first-order valence-electron chi connectivity index (χ1n) is 33.2. The van der Waals surface area contributed by atoms with Crippen LogP contribution in [0.5, 0.6) is 0 Å². The van der Waals surface area contributed by atoms with Crippen molar-refractivity contribution in [3.63, 3.8) is 0 Å². The zero-order chi connectivity index (χ0) is 63.8. The maximum atomic E-state index is 7.01. The van der Waals surface area contributed by atoms with E-state index in [-0.39, 0.29) is 0 Å². The summed E-state index contributed by atoms with van der Waals surface area (Å²) in [4.78, 5) is 4.82. The average molecular weight is 1280 g/mol. The number of anilines is 6. The molecule has 0 fully saturated rings. The summed E-state index contributed by atoms with van der Waals surface area (Å²) in [6.07, 6.45) is 8.00. The molecule has 1 aliphatic rings. The third-order valence-electron chi connectivity index (χ3n) is 19.9. The molecule has 6 aromatic heterocycles. The fourth-order valence-electron chi connectivity index (χ4n) is 15.2. The van der Waals surface area contributed by atoms with Crippen molar-refractivity contribution in [3.05, 3.63) is 321 Å². The van der Waals surface area contributed by atoms with E-state index >= 15 is 0 Å². The molecule has 1 aliphatic carbocycles. The van der Waals surface area contributed by atoms with E-state index in [0.717, 1.165) is 107 Å². The van der Waals surface area contributed by atoms with Crippen LogP contribution in [0.15, 0.2) is 324 Å². The molecule has 1 atom stereocenters. The fourth-order valence-corrected chi connectivity index (χ4v) is 17.9. The molecule has 0 saturated carbocycles. The Morgan fingerprint density at radius 3 is 1.47 bits per heavy atom. The van der Waals surface area contributed by atoms with Gasteiger partial charge in [0.15, 0.2) is 5.58 Å². The van der Waals surface area contributed by atoms with Gasteiger partial charge in [-0.15, -0.1) is 22.7 Å². The average Bonchev–Trinajstić information content (AvgIpc) is 1.57. The molecular formula is C89H58N4O2S2. The number of thiophene rings is 2. The second kappa shape index (κ2) is 22.1. The van der Waals surface area contributed by atoms with Gasteiger partial charge in [0.25, 0.3) is 0 Å². The number of allylic oxidation sites excluding steroid dienone is 4. The van der Waals surface area contributed by atoms with Gasteiger partial charge in [-0.05, 0) is 155 Å². The molecule has 20 rings (SSSR count). The number of benzene rings is 13. The number of hydrogen-bond donors (Lipinski definition) is 0. The molecule has 0 bridgehead atoms. The third-order valence-corrected chi connectivity index (χ3v) is 22.4. The highest BCUT2D eigenvalue weighted by atomic mass is 32.1. The van der Waals surface area contributed by atoms with Crippen LogP contribution in [0.2, 0.25) is 0 Å². The molecule has 97 heavy (non-hydrogen) atoms. The molecule has 0 aliphatic heterocycles. The predicted octanol–water partition coefficient (Wildman–Crippen LogP) is 26.4. The quantitative estimate of drug-likeness (QED) is 0.129. The largest absolute Gasteiger partial charge is 0.456 e. The smallest absolute Gasteiger partial charge is 0.159 e. The SMILES string of the molecule is CC1C=CC(c2ccc(N(c3cccc4c3oc3ccccc34)c3cccc4c3sc3c5ccccc5n(-c5ccc(-c6ccc7c(c6)oc6cc(N(c8ccc(-c9ccccc9)cc8)c8cccc9c8sc8c%10ccccc%10n(-c%10ccccc%10)c98)ccc67)cc5)c43)cc2)=CC1. The lowest BCUT2D eigenvalue weighted by Gasteiger charge is -2.26. The number of hydrogen-bond acceptors (Lipinski definition) is 6. The van der Waals surface area contributed by atoms with E-state index in [2.05, 4.69) is 335 Å². The standard InChI is InChI=1S/C89H58N4O2S2/c1-55-33-35-57(36-34-55)59-39-46-64(47-40-59)91(77-29-14-24-70-67-21-10-13-32-80(67)95-85(70)77)79-31-16-26-74-84-89(97-87(74)79)72-23-9-12-28-76(72)93(84)65-48-41-60(42-49-65)61-43-51-68-69-52-50-66(54-82(69)94-81(68)53-61)90(63-44-37-58(38-45-63)56-17-4-2-5-18-56)78-30-15-25-73-83-88(96-86(73)78)71-22-8-11-27-75(71)92(83)62-19-6-3-7-20-62/h2-33,35-55H,34H2,1H3. The Kier molecular flexibility index (Phi) is 12.6. The zero-order valence-corrected chi connectivity index (χ0v) is 54.4. The molecule has 458 valence electrons. The van der Waals surface area contributed by atoms with Crippen LogP contribution in [0.3, 0.4) is 0 Å². The molecule has 0 N–H and O–H groups in total. The van der Waals surface area contributed by atoms with E-state index in [0.29, 0.717) is 5.92 Å². The van der Waals surface area contributed by atoms with Crippen LogP contribution < -0.4 is 9.80 Å². The molecule has 0 radical (unpaired) electrons. The van der Waals surface area contributed by atoms with Crippen molar-refractivity contribution in [2.24, 2.45) is 5.92 Å². The summed E-state index contributed by atoms with van der Waals surface area (Å²) in [6.45, 7) is 2.27. The van der Waals surface area contributed by atoms with Gasteiger partial charge in [-0.2, -0.15) is 0 Å². The van der Waals surface area contributed by atoms with Crippen LogP contribution in [0, 0.1) is 5.92 Å². The Bertz CT molecular complexity index is 6420. The molecule has 19 aromatic rings. The highest BCUT2D eigenvalue weighted by Crippen LogP contribution is 2.53. The molecule has 0 amide bonds. The van der Waals surface area contributed by atoms with E-state index in [9.17, 15) is 0 Å². The van der Waals surface area contributed by atoms with Gasteiger partial charge < -0.3 is 27.8 Å². The van der Waals surface area contributed by atoms with E-state index < -0.39 is 0 Å². The highest BCUT2D eigenvalue weighted by molar-refractivity contribution is 7.27. The van der Waals surface area contributed by atoms with Crippen molar-refractivity contribution in [2.75, 3.05) is 9.80 Å². The van der Waals surface area contributed by atoms with Gasteiger partial charge in [-0.3, -0.25) is 0 Å². The van der Waals surface area contributed by atoms with Crippen molar-refractivity contribution < 1.29 is 8.83 Å². The fraction of sp³-hybridized carbons (Fsp3) is 0.0337. The number of para-hydroxylation sites is 5. The van der Waals surface area contributed by atoms with Crippen molar-refractivity contribution >= 4 is 169 Å². The van der Waals surface area contributed by atoms with E-state index in [1.807, 2.05) is 28.7 Å². The molecular weight excluding hydrogens is 1220 g/mol. The lowest BCUT2D eigenvalue weighted by atomic mass is 9.94. The molecule has 1 unspecified atom stereocenters. The second-order valence-electron chi connectivity index (χ2n) is 25.6. The second-order valence-corrected chi connectivity index (χ2v) is 27.6. The maximum Gasteiger partial charge on any atom is 0.159 e. The van der Waals surface area contributed by atoms with Crippen molar-refractivity contribution in [1.29, 1.82) is 0 Å². The summed E-state index contributed by atoms with van der Waals surface area (Å²) in [5.74, 6) is 0.547. The van der Waals surface area contributed by atoms with Crippen LogP contribution in [-0.2, 0) is 0 Å². The van der Waals surface area contributed by atoms with Gasteiger partial charge in [-0.25, -0.2) is 0 Å². The normalized spacial score (nSPS) is 13.5. The van der Waals surface area contributed by atoms with Gasteiger partial charge in [-0.1, -0.05) is 207 Å². The van der Waals surface area contributed by atoms with Crippen LogP contribution in [0.1, 0.15) is 18.9 Å². The molecule has 6 heterocycles. The van der Waals surface area contributed by atoms with E-state index in [1.54, 1.807) is 0 Å². The zero-order valence-electron chi connectivity index (χ0n) is 52.7. The Labute approximate surface area is 566 Å². The summed E-state index contributed by atoms with van der Waals surface area (Å²) in [5.41, 5.74) is 23.8. The molecule has 8 heteroatoms. The lowest BCUT2D eigenvalue weighted by Crippen LogP contribution is -2.10. The van der Waals surface area contributed by atoms with Gasteiger partial charge in [0.2, 0.25) is 0 Å². The van der Waals surface area contributed by atoms with Crippen molar-refractivity contribution in [3.8, 4) is 33.6 Å². The number of furan rings is 2. The molecule has 0 spiro atoms. The molecule has 0 saturated heterocycles. The van der Waals surface area contributed by atoms with Gasteiger partial charge in [0.1, 0.15) is 16.7 Å². The third kappa shape index (κ3) is 8.84. The summed E-state index contributed by atoms with van der Waals surface area (Å²) in [5, 5.41) is 9.24. The summed E-state index contributed by atoms with van der Waals surface area (Å²) in [7, 11) is 0. The summed E-state index contributed by atoms with van der Waals surface area (Å²) in [6, 6.07) is 108. The minimum atomic E-state index is 0.547. The maximum absolute atomic E-state index is 7.01. The highest BCUT2D eigenvalue weighted by Gasteiger charge is 2.28. The Balaban J connectivity index is 0.681. The predicted molar refractivity (Wildman–Crippen MR) is 412 cm³/mol. The van der Waals surface area contributed by atoms with Crippen molar-refractivity contribution in [2.45, 2.75) is 13.3 Å². The van der Waals surface area contributed by atoms with Crippen LogP contribution >= 0.6 is 22.7 Å². The molecule has 13 aromatic carbocycles. The minimum Gasteiger partial charge on any atom is -0.456 e. The van der Waals surface area contributed by atoms with Gasteiger partial charge >= 0.3 is 0 Å². The number of fused-ring (bicyclic) bond motifs is 16. The first-order valence-corrected chi connectivity index (χ1v) is 34.8. The van der Waals surface area contributed by atoms with E-state index in [4.69, 9.17) is 8.83 Å². The summed E-state index contributed by atoms with van der Waals surface area (Å²) < 4.78 is 23.7. The van der Waals surface area contributed by atoms with Gasteiger partial charge in [0.05, 0.1) is 57.9 Å². The van der Waals surface area contributed by atoms with Crippen LogP contribution in [-0.4, -0.2) is 9.13 Å². The molecule has 6 nitrogen and oxygen atoms in total. The van der Waals surface area contributed by atoms with Crippen molar-refractivity contribution in [1.82, 2.24) is 9.13 Å². The Morgan fingerprint density at radius 2 is 0.814 bits per heavy atom. The number of aromatic nitrogens is 2. The first kappa shape index (κ1) is 55.5. The van der Waals surface area contributed by atoms with Crippen LogP contribution in [0.25, 0.3) is 145 Å². The Hall–Kier alpha value is -11.9.